The zero-order chi connectivity index (χ0) is 21.3. The van der Waals surface area contributed by atoms with E-state index in [1.807, 2.05) is 6.07 Å². The van der Waals surface area contributed by atoms with Crippen molar-refractivity contribution in [3.63, 3.8) is 0 Å². The van der Waals surface area contributed by atoms with Crippen molar-refractivity contribution >= 4 is 18.1 Å². The summed E-state index contributed by atoms with van der Waals surface area (Å²) in [6, 6.07) is 20.4. The average molecular weight is 422 g/mol. The van der Waals surface area contributed by atoms with Crippen molar-refractivity contribution in [1.82, 2.24) is 5.43 Å². The van der Waals surface area contributed by atoms with Gasteiger partial charge in [0.25, 0.3) is 5.91 Å². The summed E-state index contributed by atoms with van der Waals surface area (Å²) in [5, 5.41) is 3.96. The minimum atomic E-state index is -0.487. The molecule has 160 valence electrons. The Kier molecular flexibility index (Phi) is 8.30. The number of hydrazone groups is 1. The largest absolute Gasteiger partial charge is 0.496 e. The van der Waals surface area contributed by atoms with Gasteiger partial charge < -0.3 is 19.7 Å². The van der Waals surface area contributed by atoms with Gasteiger partial charge in [-0.25, -0.2) is 10.2 Å². The van der Waals surface area contributed by atoms with E-state index >= 15 is 0 Å². The van der Waals surface area contributed by atoms with Crippen LogP contribution in [0.4, 0.5) is 0 Å². The lowest BCUT2D eigenvalue weighted by Gasteiger charge is -2.10. The summed E-state index contributed by atoms with van der Waals surface area (Å²) in [5.41, 5.74) is 3.90. The number of carbonyl (C=O) groups excluding carboxylic acids is 2. The molecule has 0 saturated carbocycles. The third-order valence-electron chi connectivity index (χ3n) is 4.13. The van der Waals surface area contributed by atoms with E-state index in [0.717, 1.165) is 0 Å². The van der Waals surface area contributed by atoms with Gasteiger partial charge in [0, 0.05) is 0 Å². The van der Waals surface area contributed by atoms with Gasteiger partial charge in [-0.2, -0.15) is 5.10 Å². The third kappa shape index (κ3) is 5.91. The van der Waals surface area contributed by atoms with Crippen molar-refractivity contribution in [3.8, 4) is 17.2 Å². The lowest BCUT2D eigenvalue weighted by Crippen LogP contribution is -2.18. The van der Waals surface area contributed by atoms with E-state index in [4.69, 9.17) is 14.2 Å². The Bertz CT molecular complexity index is 1070. The Morgan fingerprint density at radius 3 is 2.23 bits per heavy atom. The molecule has 0 spiro atoms. The highest BCUT2D eigenvalue weighted by molar-refractivity contribution is 5.97. The van der Waals surface area contributed by atoms with Gasteiger partial charge in [-0.1, -0.05) is 30.3 Å². The second-order valence-electron chi connectivity index (χ2n) is 6.07. The second kappa shape index (κ2) is 11.1. The maximum Gasteiger partial charge on any atom is 0.343 e. The molecule has 0 radical (unpaired) electrons. The normalized spacial score (nSPS) is 10.1. The molecule has 31 heavy (non-hydrogen) atoms. The lowest BCUT2D eigenvalue weighted by atomic mass is 10.2. The fourth-order valence-electron chi connectivity index (χ4n) is 2.64. The first-order valence-electron chi connectivity index (χ1n) is 9.04. The highest BCUT2D eigenvalue weighted by Crippen LogP contribution is 2.28. The van der Waals surface area contributed by atoms with Crippen LogP contribution in [0.5, 0.6) is 17.2 Å². The predicted octanol–water partition coefficient (Wildman–Crippen LogP) is 2.86. The highest BCUT2D eigenvalue weighted by Gasteiger charge is 2.13. The van der Waals surface area contributed by atoms with Gasteiger partial charge in [-0.15, -0.1) is 0 Å². The molecule has 8 nitrogen and oxygen atoms in total. The molecule has 1 amide bonds. The van der Waals surface area contributed by atoms with Crippen LogP contribution < -0.4 is 19.6 Å². The number of rotatable bonds is 7. The smallest absolute Gasteiger partial charge is 0.343 e. The van der Waals surface area contributed by atoms with Crippen LogP contribution in [0.3, 0.4) is 0 Å². The average Bonchev–Trinajstić information content (AvgIpc) is 2.80. The fraction of sp³-hybridized carbons (Fsp3) is 0.0870. The molecule has 0 aromatic heterocycles. The van der Waals surface area contributed by atoms with E-state index in [1.54, 1.807) is 66.7 Å². The minimum Gasteiger partial charge on any atom is -0.496 e. The van der Waals surface area contributed by atoms with Crippen LogP contribution in [-0.2, 0) is 0 Å². The Morgan fingerprint density at radius 1 is 0.839 bits per heavy atom. The topological polar surface area (TPSA) is 118 Å². The summed E-state index contributed by atoms with van der Waals surface area (Å²) in [6.07, 6.45) is 1.46. The number of carbonyl (C=O) groups is 2. The van der Waals surface area contributed by atoms with Crippen LogP contribution in [0.15, 0.2) is 77.9 Å². The van der Waals surface area contributed by atoms with Crippen LogP contribution in [-0.4, -0.2) is 37.8 Å². The molecule has 3 aromatic carbocycles. The number of benzene rings is 3. The SMILES string of the molecule is COc1cc(/C=N/NC(=O)c2ccccc2OC)ccc1OC(=O)c1ccccc1.O. The van der Waals surface area contributed by atoms with Gasteiger partial charge in [0.05, 0.1) is 31.6 Å². The van der Waals surface area contributed by atoms with E-state index < -0.39 is 11.9 Å². The summed E-state index contributed by atoms with van der Waals surface area (Å²) < 4.78 is 15.9. The number of para-hydroxylation sites is 1. The van der Waals surface area contributed by atoms with Crippen LogP contribution in [0.1, 0.15) is 26.3 Å². The zero-order valence-corrected chi connectivity index (χ0v) is 17.0. The predicted molar refractivity (Wildman–Crippen MR) is 116 cm³/mol. The number of hydrogen-bond donors (Lipinski definition) is 1. The van der Waals surface area contributed by atoms with Crippen molar-refractivity contribution in [3.05, 3.63) is 89.5 Å². The maximum absolute atomic E-state index is 12.3. The number of amides is 1. The van der Waals surface area contributed by atoms with Gasteiger partial charge in [0.2, 0.25) is 0 Å². The van der Waals surface area contributed by atoms with Crippen molar-refractivity contribution < 1.29 is 29.3 Å². The molecule has 0 atom stereocenters. The summed E-state index contributed by atoms with van der Waals surface area (Å²) >= 11 is 0. The summed E-state index contributed by atoms with van der Waals surface area (Å²) in [4.78, 5) is 24.5. The van der Waals surface area contributed by atoms with Gasteiger partial charge in [-0.05, 0) is 48.0 Å². The van der Waals surface area contributed by atoms with Gasteiger partial charge in [0.15, 0.2) is 11.5 Å². The number of nitrogens with one attached hydrogen (secondary N) is 1. The summed E-state index contributed by atoms with van der Waals surface area (Å²) in [6.45, 7) is 0. The highest BCUT2D eigenvalue weighted by atomic mass is 16.6. The molecule has 8 heteroatoms. The molecular formula is C23H22N2O6. The number of hydrogen-bond acceptors (Lipinski definition) is 6. The van der Waals surface area contributed by atoms with Crippen molar-refractivity contribution in [2.24, 2.45) is 5.10 Å². The maximum atomic E-state index is 12.3. The Hall–Kier alpha value is -4.17. The first-order valence-corrected chi connectivity index (χ1v) is 9.04. The molecule has 3 aromatic rings. The number of ether oxygens (including phenoxy) is 3. The molecule has 0 bridgehead atoms. The molecule has 3 rings (SSSR count). The first-order chi connectivity index (χ1) is 14.6. The molecule has 0 aliphatic heterocycles. The number of nitrogens with zero attached hydrogens (tertiary/aromatic N) is 1. The van der Waals surface area contributed by atoms with Crippen LogP contribution >= 0.6 is 0 Å². The van der Waals surface area contributed by atoms with Gasteiger partial charge in [0.1, 0.15) is 5.75 Å². The first kappa shape index (κ1) is 23.1. The monoisotopic (exact) mass is 422 g/mol. The van der Waals surface area contributed by atoms with E-state index in [9.17, 15) is 9.59 Å². The third-order valence-corrected chi connectivity index (χ3v) is 4.13. The summed E-state index contributed by atoms with van der Waals surface area (Å²) in [7, 11) is 2.97. The molecule has 0 heterocycles. The fourth-order valence-corrected chi connectivity index (χ4v) is 2.64. The van der Waals surface area contributed by atoms with E-state index in [1.165, 1.54) is 20.4 Å². The Morgan fingerprint density at radius 2 is 1.52 bits per heavy atom. The van der Waals surface area contributed by atoms with E-state index in [2.05, 4.69) is 10.5 Å². The quantitative estimate of drug-likeness (QED) is 0.272. The van der Waals surface area contributed by atoms with E-state index in [0.29, 0.717) is 28.2 Å². The van der Waals surface area contributed by atoms with Gasteiger partial charge in [-0.3, -0.25) is 4.79 Å². The Balaban J connectivity index is 0.00000341. The molecule has 0 aliphatic rings. The van der Waals surface area contributed by atoms with Gasteiger partial charge >= 0.3 is 5.97 Å². The minimum absolute atomic E-state index is 0. The van der Waals surface area contributed by atoms with Crippen molar-refractivity contribution in [1.29, 1.82) is 0 Å². The number of esters is 1. The second-order valence-corrected chi connectivity index (χ2v) is 6.07. The molecule has 0 unspecified atom stereocenters. The van der Waals surface area contributed by atoms with E-state index in [-0.39, 0.29) is 11.2 Å². The molecule has 3 N–H and O–H groups in total. The lowest BCUT2D eigenvalue weighted by molar-refractivity contribution is 0.0729. The van der Waals surface area contributed by atoms with Crippen LogP contribution in [0.2, 0.25) is 0 Å². The standard InChI is InChI=1S/C23H20N2O5.H2O/c1-28-19-11-7-6-10-18(19)22(26)25-24-15-16-12-13-20(21(14-16)29-2)30-23(27)17-8-4-3-5-9-17;/h3-15H,1-2H3,(H,25,26);1H2/b24-15+;. The number of methoxy groups -OCH3 is 2. The van der Waals surface area contributed by atoms with Crippen molar-refractivity contribution in [2.75, 3.05) is 14.2 Å². The molecule has 0 saturated heterocycles. The Labute approximate surface area is 179 Å². The molecule has 0 aliphatic carbocycles. The molecule has 0 fully saturated rings. The summed E-state index contributed by atoms with van der Waals surface area (Å²) in [5.74, 6) is 0.209. The van der Waals surface area contributed by atoms with Crippen LogP contribution in [0.25, 0.3) is 0 Å². The molecular weight excluding hydrogens is 400 g/mol. The van der Waals surface area contributed by atoms with Crippen molar-refractivity contribution in [2.45, 2.75) is 0 Å². The van der Waals surface area contributed by atoms with Crippen LogP contribution in [0, 0.1) is 0 Å². The zero-order valence-electron chi connectivity index (χ0n) is 17.0.